The van der Waals surface area contributed by atoms with Gasteiger partial charge in [0.1, 0.15) is 11.9 Å². The van der Waals surface area contributed by atoms with Crippen LogP contribution in [0.25, 0.3) is 0 Å². The molecule has 0 aromatic carbocycles. The van der Waals surface area contributed by atoms with E-state index < -0.39 is 4.92 Å². The van der Waals surface area contributed by atoms with Crippen molar-refractivity contribution in [3.05, 3.63) is 27.9 Å². The second-order valence-corrected chi connectivity index (χ2v) is 4.52. The number of aliphatic hydroxyl groups is 1. The maximum Gasteiger partial charge on any atom is 0.305 e. The van der Waals surface area contributed by atoms with E-state index in [0.717, 1.165) is 25.9 Å². The van der Waals surface area contributed by atoms with E-state index in [-0.39, 0.29) is 18.0 Å². The van der Waals surface area contributed by atoms with Gasteiger partial charge in [-0.05, 0) is 24.8 Å². The van der Waals surface area contributed by atoms with Crippen molar-refractivity contribution in [3.8, 4) is 6.07 Å². The number of pyridine rings is 1. The third-order valence-corrected chi connectivity index (χ3v) is 3.36. The van der Waals surface area contributed by atoms with E-state index in [1.807, 2.05) is 4.90 Å². The number of aliphatic hydroxyl groups excluding tert-OH is 1. The molecule has 100 valence electrons. The highest BCUT2D eigenvalue weighted by molar-refractivity contribution is 5.51. The minimum Gasteiger partial charge on any atom is -0.396 e. The van der Waals surface area contributed by atoms with Crippen molar-refractivity contribution in [2.45, 2.75) is 12.8 Å². The zero-order valence-electron chi connectivity index (χ0n) is 10.3. The van der Waals surface area contributed by atoms with E-state index in [0.29, 0.717) is 11.7 Å². The lowest BCUT2D eigenvalue weighted by Gasteiger charge is -2.31. The van der Waals surface area contributed by atoms with E-state index in [1.165, 1.54) is 6.07 Å². The van der Waals surface area contributed by atoms with Crippen LogP contribution in [0.15, 0.2) is 12.1 Å². The monoisotopic (exact) mass is 262 g/mol. The smallest absolute Gasteiger partial charge is 0.305 e. The van der Waals surface area contributed by atoms with Gasteiger partial charge in [0.05, 0.1) is 4.92 Å². The third-order valence-electron chi connectivity index (χ3n) is 3.36. The summed E-state index contributed by atoms with van der Waals surface area (Å²) in [6.45, 7) is 1.66. The summed E-state index contributed by atoms with van der Waals surface area (Å²) in [5, 5.41) is 28.7. The first-order chi connectivity index (χ1) is 9.15. The first-order valence-electron chi connectivity index (χ1n) is 6.07. The van der Waals surface area contributed by atoms with Gasteiger partial charge in [-0.1, -0.05) is 0 Å². The van der Waals surface area contributed by atoms with Crippen LogP contribution in [-0.2, 0) is 0 Å². The van der Waals surface area contributed by atoms with Gasteiger partial charge in [-0.15, -0.1) is 0 Å². The molecular weight excluding hydrogens is 248 g/mol. The fourth-order valence-electron chi connectivity index (χ4n) is 2.19. The minimum absolute atomic E-state index is 0.160. The quantitative estimate of drug-likeness (QED) is 0.645. The molecule has 0 radical (unpaired) electrons. The Labute approximate surface area is 110 Å². The highest BCUT2D eigenvalue weighted by atomic mass is 16.6. The Hall–Kier alpha value is -2.20. The van der Waals surface area contributed by atoms with E-state index >= 15 is 0 Å². The summed E-state index contributed by atoms with van der Waals surface area (Å²) in [7, 11) is 0. The molecule has 2 rings (SSSR count). The van der Waals surface area contributed by atoms with Crippen molar-refractivity contribution in [2.24, 2.45) is 5.92 Å². The van der Waals surface area contributed by atoms with Crippen molar-refractivity contribution >= 4 is 11.5 Å². The van der Waals surface area contributed by atoms with Gasteiger partial charge < -0.3 is 10.0 Å². The van der Waals surface area contributed by atoms with Crippen LogP contribution in [0.5, 0.6) is 0 Å². The molecule has 7 nitrogen and oxygen atoms in total. The van der Waals surface area contributed by atoms with Gasteiger partial charge in [0.15, 0.2) is 0 Å². The average Bonchev–Trinajstić information content (AvgIpc) is 2.46. The van der Waals surface area contributed by atoms with Crippen LogP contribution in [0, 0.1) is 27.4 Å². The normalized spacial score (nSPS) is 16.1. The summed E-state index contributed by atoms with van der Waals surface area (Å²) < 4.78 is 0. The van der Waals surface area contributed by atoms with Gasteiger partial charge in [-0.2, -0.15) is 5.26 Å². The van der Waals surface area contributed by atoms with Crippen LogP contribution in [0.1, 0.15) is 18.5 Å². The molecule has 0 saturated carbocycles. The molecule has 0 unspecified atom stereocenters. The van der Waals surface area contributed by atoms with Crippen molar-refractivity contribution in [1.29, 1.82) is 5.26 Å². The van der Waals surface area contributed by atoms with Gasteiger partial charge in [0, 0.05) is 25.8 Å². The molecule has 1 aliphatic heterocycles. The SMILES string of the molecule is N#Cc1nc(N2CCC(CO)CC2)ccc1[N+](=O)[O-]. The molecule has 1 aromatic heterocycles. The molecule has 0 spiro atoms. The Bertz CT molecular complexity index is 518. The largest absolute Gasteiger partial charge is 0.396 e. The van der Waals surface area contributed by atoms with Crippen LogP contribution in [0.4, 0.5) is 11.5 Å². The lowest BCUT2D eigenvalue weighted by molar-refractivity contribution is -0.385. The Morgan fingerprint density at radius 3 is 2.74 bits per heavy atom. The number of anilines is 1. The molecule has 1 N–H and O–H groups in total. The predicted octanol–water partition coefficient (Wildman–Crippen LogP) is 1.07. The van der Waals surface area contributed by atoms with Gasteiger partial charge in [0.2, 0.25) is 5.69 Å². The van der Waals surface area contributed by atoms with Gasteiger partial charge in [-0.25, -0.2) is 4.98 Å². The summed E-state index contributed by atoms with van der Waals surface area (Å²) >= 11 is 0. The van der Waals surface area contributed by atoms with Gasteiger partial charge in [-0.3, -0.25) is 10.1 Å². The van der Waals surface area contributed by atoms with Gasteiger partial charge >= 0.3 is 5.69 Å². The lowest BCUT2D eigenvalue weighted by atomic mass is 9.98. The molecule has 19 heavy (non-hydrogen) atoms. The standard InChI is InChI=1S/C12H14N4O3/c13-7-10-11(16(18)19)1-2-12(14-10)15-5-3-9(8-17)4-6-15/h1-2,9,17H,3-6,8H2. The number of nitriles is 1. The van der Waals surface area contributed by atoms with Gasteiger partial charge in [0.25, 0.3) is 0 Å². The molecule has 7 heteroatoms. The Morgan fingerprint density at radius 1 is 1.53 bits per heavy atom. The Kier molecular flexibility index (Phi) is 3.92. The van der Waals surface area contributed by atoms with Crippen LogP contribution < -0.4 is 4.90 Å². The number of hydrogen-bond donors (Lipinski definition) is 1. The Morgan fingerprint density at radius 2 is 2.21 bits per heavy atom. The summed E-state index contributed by atoms with van der Waals surface area (Å²) in [5.74, 6) is 0.892. The third kappa shape index (κ3) is 2.80. The van der Waals surface area contributed by atoms with Crippen LogP contribution in [0.2, 0.25) is 0 Å². The number of rotatable bonds is 3. The lowest BCUT2D eigenvalue weighted by Crippen LogP contribution is -2.35. The van der Waals surface area contributed by atoms with E-state index in [9.17, 15) is 10.1 Å². The summed E-state index contributed by atoms with van der Waals surface area (Å²) in [6.07, 6.45) is 1.72. The molecular formula is C12H14N4O3. The second-order valence-electron chi connectivity index (χ2n) is 4.52. The molecule has 0 bridgehead atoms. The highest BCUT2D eigenvalue weighted by Crippen LogP contribution is 2.24. The van der Waals surface area contributed by atoms with Crippen molar-refractivity contribution < 1.29 is 10.0 Å². The molecule has 1 fully saturated rings. The fourth-order valence-corrected chi connectivity index (χ4v) is 2.19. The molecule has 1 saturated heterocycles. The van der Waals surface area contributed by atoms with E-state index in [2.05, 4.69) is 4.98 Å². The number of nitrogens with zero attached hydrogens (tertiary/aromatic N) is 4. The second kappa shape index (κ2) is 5.63. The number of nitro groups is 1. The van der Waals surface area contributed by atoms with Crippen molar-refractivity contribution in [1.82, 2.24) is 4.98 Å². The number of aromatic nitrogens is 1. The maximum absolute atomic E-state index is 10.7. The minimum atomic E-state index is -0.604. The zero-order valence-corrected chi connectivity index (χ0v) is 10.3. The molecule has 1 aromatic rings. The van der Waals surface area contributed by atoms with E-state index in [1.54, 1.807) is 12.1 Å². The molecule has 0 atom stereocenters. The summed E-state index contributed by atoms with van der Waals surface area (Å²) in [4.78, 5) is 16.1. The predicted molar refractivity (Wildman–Crippen MR) is 67.6 cm³/mol. The van der Waals surface area contributed by atoms with E-state index in [4.69, 9.17) is 10.4 Å². The van der Waals surface area contributed by atoms with Crippen LogP contribution in [-0.4, -0.2) is 34.7 Å². The molecule has 0 amide bonds. The fraction of sp³-hybridized carbons (Fsp3) is 0.500. The first-order valence-corrected chi connectivity index (χ1v) is 6.07. The molecule has 1 aliphatic rings. The summed E-state index contributed by atoms with van der Waals surface area (Å²) in [5.41, 5.74) is -0.428. The van der Waals surface area contributed by atoms with Crippen molar-refractivity contribution in [3.63, 3.8) is 0 Å². The van der Waals surface area contributed by atoms with Crippen molar-refractivity contribution in [2.75, 3.05) is 24.6 Å². The zero-order chi connectivity index (χ0) is 13.8. The summed E-state index contributed by atoms with van der Waals surface area (Å²) in [6, 6.07) is 4.64. The topological polar surface area (TPSA) is 103 Å². The maximum atomic E-state index is 10.7. The first kappa shape index (κ1) is 13.2. The van der Waals surface area contributed by atoms with Crippen LogP contribution >= 0.6 is 0 Å². The Balaban J connectivity index is 2.18. The number of piperidine rings is 1. The molecule has 2 heterocycles. The highest BCUT2D eigenvalue weighted by Gasteiger charge is 2.22. The average molecular weight is 262 g/mol. The number of hydrogen-bond acceptors (Lipinski definition) is 6. The van der Waals surface area contributed by atoms with Crippen LogP contribution in [0.3, 0.4) is 0 Å². The molecule has 0 aliphatic carbocycles.